The molecule has 0 radical (unpaired) electrons. The molecule has 0 fully saturated rings. The quantitative estimate of drug-likeness (QED) is 0.0261. The zero-order chi connectivity index (χ0) is 57.1. The van der Waals surface area contributed by atoms with Crippen LogP contribution in [0.2, 0.25) is 0 Å². The molecule has 0 aliphatic rings. The zero-order valence-corrected chi connectivity index (χ0v) is 52.4. The smallest absolute Gasteiger partial charge is 0.309 e. The van der Waals surface area contributed by atoms with Crippen LogP contribution in [0.5, 0.6) is 0 Å². The van der Waals surface area contributed by atoms with Crippen molar-refractivity contribution in [2.24, 2.45) is 0 Å². The number of rotatable bonds is 62. The first-order valence-electron chi connectivity index (χ1n) is 34.1. The van der Waals surface area contributed by atoms with E-state index in [0.29, 0.717) is 12.8 Å². The lowest BCUT2D eigenvalue weighted by molar-refractivity contribution is -0.166. The minimum atomic E-state index is -0.817. The Labute approximate surface area is 490 Å². The van der Waals surface area contributed by atoms with Gasteiger partial charge in [0.1, 0.15) is 13.2 Å². The van der Waals surface area contributed by atoms with Crippen LogP contribution in [-0.4, -0.2) is 37.2 Å². The van der Waals surface area contributed by atoms with Gasteiger partial charge in [-0.3, -0.25) is 14.4 Å². The second kappa shape index (κ2) is 67.1. The fourth-order valence-corrected chi connectivity index (χ4v) is 9.84. The topological polar surface area (TPSA) is 78.9 Å². The van der Waals surface area contributed by atoms with Gasteiger partial charge in [0.2, 0.25) is 0 Å². The van der Waals surface area contributed by atoms with Crippen molar-refractivity contribution in [2.45, 2.75) is 348 Å². The highest BCUT2D eigenvalue weighted by Crippen LogP contribution is 2.18. The van der Waals surface area contributed by atoms with Crippen molar-refractivity contribution in [3.63, 3.8) is 0 Å². The highest BCUT2D eigenvalue weighted by atomic mass is 16.6. The summed E-state index contributed by atoms with van der Waals surface area (Å²) in [6.07, 6.45) is 89.2. The van der Waals surface area contributed by atoms with Gasteiger partial charge in [0.05, 0.1) is 6.42 Å². The molecule has 0 aliphatic carbocycles. The van der Waals surface area contributed by atoms with Gasteiger partial charge < -0.3 is 14.2 Å². The highest BCUT2D eigenvalue weighted by molar-refractivity contribution is 5.72. The summed E-state index contributed by atoms with van der Waals surface area (Å²) in [5.74, 6) is -1.02. The predicted octanol–water partition coefficient (Wildman–Crippen LogP) is 23.4. The standard InChI is InChI=1S/C73H128O6/c1-4-7-10-13-16-19-22-25-28-30-32-34-36-38-40-42-45-48-51-54-57-60-63-66-72(75)78-69-70(68-77-71(74)65-62-59-56-53-50-47-44-27-24-21-18-15-12-9-6-3)79-73(76)67-64-61-58-55-52-49-46-43-41-39-37-35-33-31-29-26-23-20-17-14-11-8-5-2/h9,12,18,21-22,25,27,30,32,44,50,53,59,62,70H,4-8,10-11,13-17,19-20,23-24,26,28-29,31,33-43,45-49,51-52,54-58,60-61,63-69H2,1-3H3/b12-9-,21-18-,25-22-,32-30-,44-27-,53-50-,62-59-. The first kappa shape index (κ1) is 75.6. The fourth-order valence-electron chi connectivity index (χ4n) is 9.84. The van der Waals surface area contributed by atoms with Crippen molar-refractivity contribution >= 4 is 17.9 Å². The minimum absolute atomic E-state index is 0.105. The third-order valence-electron chi connectivity index (χ3n) is 14.9. The van der Waals surface area contributed by atoms with Crippen LogP contribution in [0.4, 0.5) is 0 Å². The average Bonchev–Trinajstić information content (AvgIpc) is 3.45. The van der Waals surface area contributed by atoms with E-state index in [1.807, 2.05) is 12.2 Å². The Morgan fingerprint density at radius 2 is 0.544 bits per heavy atom. The van der Waals surface area contributed by atoms with Crippen molar-refractivity contribution in [2.75, 3.05) is 13.2 Å². The van der Waals surface area contributed by atoms with Gasteiger partial charge in [-0.15, -0.1) is 0 Å². The van der Waals surface area contributed by atoms with Gasteiger partial charge in [-0.1, -0.05) is 331 Å². The van der Waals surface area contributed by atoms with Crippen LogP contribution in [-0.2, 0) is 28.6 Å². The molecule has 0 aliphatic heterocycles. The maximum Gasteiger partial charge on any atom is 0.309 e. The molecule has 1 unspecified atom stereocenters. The second-order valence-corrected chi connectivity index (χ2v) is 22.7. The van der Waals surface area contributed by atoms with Gasteiger partial charge >= 0.3 is 17.9 Å². The molecule has 0 N–H and O–H groups in total. The first-order valence-corrected chi connectivity index (χ1v) is 34.1. The summed E-state index contributed by atoms with van der Waals surface area (Å²) in [5.41, 5.74) is 0. The SMILES string of the molecule is CC/C=C\C/C=C\C/C=C\C/C=C\C/C=C\CC(=O)OCC(COC(=O)CCCCCCCCCCCCC/C=C\C/C=C\CCCCCCC)OC(=O)CCCCCCCCCCCCCCCCCCCCCCCCC. The number of unbranched alkanes of at least 4 members (excludes halogenated alkanes) is 38. The molecular weight excluding hydrogens is 973 g/mol. The third-order valence-corrected chi connectivity index (χ3v) is 14.9. The Morgan fingerprint density at radius 3 is 0.886 bits per heavy atom. The summed E-state index contributed by atoms with van der Waals surface area (Å²) >= 11 is 0. The van der Waals surface area contributed by atoms with Crippen LogP contribution < -0.4 is 0 Å². The number of esters is 3. The van der Waals surface area contributed by atoms with Crippen LogP contribution in [0.3, 0.4) is 0 Å². The molecule has 0 spiro atoms. The molecular formula is C73H128O6. The maximum absolute atomic E-state index is 12.9. The molecule has 0 amide bonds. The maximum atomic E-state index is 12.9. The van der Waals surface area contributed by atoms with E-state index in [2.05, 4.69) is 93.7 Å². The molecule has 79 heavy (non-hydrogen) atoms. The molecule has 0 aromatic carbocycles. The number of allylic oxidation sites excluding steroid dienone is 13. The van der Waals surface area contributed by atoms with Crippen molar-refractivity contribution in [1.82, 2.24) is 0 Å². The van der Waals surface area contributed by atoms with E-state index in [-0.39, 0.29) is 31.6 Å². The normalized spacial score (nSPS) is 12.6. The molecule has 0 rings (SSSR count). The lowest BCUT2D eigenvalue weighted by Crippen LogP contribution is -2.30. The van der Waals surface area contributed by atoms with Crippen LogP contribution in [0, 0.1) is 0 Å². The summed E-state index contributed by atoms with van der Waals surface area (Å²) < 4.78 is 16.9. The molecule has 0 saturated carbocycles. The number of hydrogen-bond donors (Lipinski definition) is 0. The Balaban J connectivity index is 4.37. The van der Waals surface area contributed by atoms with Gasteiger partial charge in [0, 0.05) is 12.8 Å². The lowest BCUT2D eigenvalue weighted by atomic mass is 10.0. The summed E-state index contributed by atoms with van der Waals surface area (Å²) in [4.78, 5) is 38.3. The number of carbonyl (C=O) groups excluding carboxylic acids is 3. The summed E-state index contributed by atoms with van der Waals surface area (Å²) in [6, 6.07) is 0. The molecule has 0 bridgehead atoms. The summed E-state index contributed by atoms with van der Waals surface area (Å²) in [7, 11) is 0. The summed E-state index contributed by atoms with van der Waals surface area (Å²) in [5, 5.41) is 0. The van der Waals surface area contributed by atoms with Crippen molar-refractivity contribution in [3.05, 3.63) is 85.1 Å². The fraction of sp³-hybridized carbons (Fsp3) is 0.767. The van der Waals surface area contributed by atoms with E-state index in [9.17, 15) is 14.4 Å². The van der Waals surface area contributed by atoms with Crippen LogP contribution >= 0.6 is 0 Å². The first-order chi connectivity index (χ1) is 39.0. The van der Waals surface area contributed by atoms with Gasteiger partial charge in [-0.25, -0.2) is 0 Å². The predicted molar refractivity (Wildman–Crippen MR) is 344 cm³/mol. The summed E-state index contributed by atoms with van der Waals surface area (Å²) in [6.45, 7) is 6.48. The van der Waals surface area contributed by atoms with E-state index in [0.717, 1.165) is 77.0 Å². The average molecular weight is 1100 g/mol. The largest absolute Gasteiger partial charge is 0.462 e. The number of carbonyl (C=O) groups is 3. The van der Waals surface area contributed by atoms with Crippen molar-refractivity contribution in [3.8, 4) is 0 Å². The van der Waals surface area contributed by atoms with Crippen molar-refractivity contribution in [1.29, 1.82) is 0 Å². The van der Waals surface area contributed by atoms with Gasteiger partial charge in [0.25, 0.3) is 0 Å². The van der Waals surface area contributed by atoms with E-state index in [1.165, 1.54) is 225 Å². The van der Waals surface area contributed by atoms with Crippen LogP contribution in [0.25, 0.3) is 0 Å². The second-order valence-electron chi connectivity index (χ2n) is 22.7. The number of ether oxygens (including phenoxy) is 3. The molecule has 0 saturated heterocycles. The molecule has 0 heterocycles. The number of hydrogen-bond acceptors (Lipinski definition) is 6. The van der Waals surface area contributed by atoms with E-state index in [1.54, 1.807) is 0 Å². The van der Waals surface area contributed by atoms with E-state index in [4.69, 9.17) is 14.2 Å². The zero-order valence-electron chi connectivity index (χ0n) is 52.4. The third kappa shape index (κ3) is 65.3. The Bertz CT molecular complexity index is 1500. The molecule has 0 aromatic heterocycles. The molecule has 1 atom stereocenters. The van der Waals surface area contributed by atoms with E-state index < -0.39 is 12.1 Å². The molecule has 0 aromatic rings. The monoisotopic (exact) mass is 1100 g/mol. The Hall–Kier alpha value is -3.41. The van der Waals surface area contributed by atoms with Crippen molar-refractivity contribution < 1.29 is 28.6 Å². The minimum Gasteiger partial charge on any atom is -0.462 e. The Kier molecular flexibility index (Phi) is 64.2. The lowest BCUT2D eigenvalue weighted by Gasteiger charge is -2.18. The van der Waals surface area contributed by atoms with Crippen LogP contribution in [0.15, 0.2) is 85.1 Å². The molecule has 456 valence electrons. The van der Waals surface area contributed by atoms with Crippen LogP contribution in [0.1, 0.15) is 342 Å². The molecule has 6 nitrogen and oxygen atoms in total. The van der Waals surface area contributed by atoms with Gasteiger partial charge in [-0.05, 0) is 77.0 Å². The van der Waals surface area contributed by atoms with Gasteiger partial charge in [0.15, 0.2) is 6.10 Å². The Morgan fingerprint density at radius 1 is 0.278 bits per heavy atom. The highest BCUT2D eigenvalue weighted by Gasteiger charge is 2.19. The molecule has 6 heteroatoms. The van der Waals surface area contributed by atoms with Gasteiger partial charge in [-0.2, -0.15) is 0 Å². The van der Waals surface area contributed by atoms with E-state index >= 15 is 0 Å².